The van der Waals surface area contributed by atoms with Crippen LogP contribution in [0, 0.1) is 0 Å². The van der Waals surface area contributed by atoms with E-state index in [4.69, 9.17) is 19.0 Å². The smallest absolute Gasteiger partial charge is 0.302 e. The summed E-state index contributed by atoms with van der Waals surface area (Å²) >= 11 is 0. The molecule has 3 atom stereocenters. The van der Waals surface area contributed by atoms with Crippen LogP contribution < -0.4 is 0 Å². The Morgan fingerprint density at radius 1 is 1.16 bits per heavy atom. The molecule has 2 aliphatic heterocycles. The van der Waals surface area contributed by atoms with Gasteiger partial charge < -0.3 is 14.2 Å². The van der Waals surface area contributed by atoms with Crippen LogP contribution in [0.25, 0.3) is 0 Å². The molecule has 0 saturated heterocycles. The number of hydrogen-bond donors (Lipinski definition) is 0. The van der Waals surface area contributed by atoms with Gasteiger partial charge in [-0.2, -0.15) is 0 Å². The number of hydrogen-bond acceptors (Lipinski definition) is 9. The fourth-order valence-electron chi connectivity index (χ4n) is 3.42. The third-order valence-corrected chi connectivity index (χ3v) is 4.90. The van der Waals surface area contributed by atoms with Gasteiger partial charge in [0.2, 0.25) is 0 Å². The summed E-state index contributed by atoms with van der Waals surface area (Å²) in [4.78, 5) is 41.5. The van der Waals surface area contributed by atoms with E-state index in [1.807, 2.05) is 13.0 Å². The van der Waals surface area contributed by atoms with Crippen LogP contribution in [-0.2, 0) is 30.4 Å². The lowest BCUT2D eigenvalue weighted by Crippen LogP contribution is -2.38. The monoisotopic (exact) mass is 442 g/mol. The molecular formula is C21H22N4O7. The molecule has 32 heavy (non-hydrogen) atoms. The minimum absolute atomic E-state index is 0.00858. The maximum absolute atomic E-state index is 12.4. The summed E-state index contributed by atoms with van der Waals surface area (Å²) in [6, 6.07) is 6.10. The van der Waals surface area contributed by atoms with Gasteiger partial charge in [-0.3, -0.25) is 19.2 Å². The van der Waals surface area contributed by atoms with Crippen molar-refractivity contribution in [3.8, 4) is 0 Å². The predicted molar refractivity (Wildman–Crippen MR) is 107 cm³/mol. The van der Waals surface area contributed by atoms with E-state index in [9.17, 15) is 14.4 Å². The Hall–Kier alpha value is -3.41. The lowest BCUT2D eigenvalue weighted by Gasteiger charge is -2.31. The number of esters is 1. The fraction of sp³-hybridized carbons (Fsp3) is 0.381. The quantitative estimate of drug-likeness (QED) is 0.339. The zero-order valence-electron chi connectivity index (χ0n) is 17.5. The Labute approximate surface area is 183 Å². The summed E-state index contributed by atoms with van der Waals surface area (Å²) in [7, 11) is 0. The van der Waals surface area contributed by atoms with E-state index in [1.165, 1.54) is 11.6 Å². The number of rotatable bonds is 8. The fourth-order valence-corrected chi connectivity index (χ4v) is 3.42. The molecular weight excluding hydrogens is 420 g/mol. The number of fused-ring (bicyclic) bond motifs is 1. The lowest BCUT2D eigenvalue weighted by atomic mass is 10.1. The van der Waals surface area contributed by atoms with Gasteiger partial charge in [0.1, 0.15) is 31.1 Å². The molecule has 168 valence electrons. The third kappa shape index (κ3) is 4.44. The normalized spacial score (nSPS) is 22.3. The van der Waals surface area contributed by atoms with Crippen LogP contribution in [0.3, 0.4) is 0 Å². The van der Waals surface area contributed by atoms with Crippen LogP contribution in [0.4, 0.5) is 0 Å². The van der Waals surface area contributed by atoms with E-state index in [2.05, 4.69) is 10.3 Å². The first-order chi connectivity index (χ1) is 15.5. The molecule has 1 aromatic carbocycles. The van der Waals surface area contributed by atoms with Crippen LogP contribution in [0.15, 0.2) is 42.6 Å². The maximum atomic E-state index is 12.4. The summed E-state index contributed by atoms with van der Waals surface area (Å²) < 4.78 is 18.0. The lowest BCUT2D eigenvalue weighted by molar-refractivity contribution is -0.177. The number of nitrogens with zero attached hydrogens (tertiary/aromatic N) is 4. The van der Waals surface area contributed by atoms with Gasteiger partial charge in [-0.1, -0.05) is 23.4 Å². The van der Waals surface area contributed by atoms with Crippen molar-refractivity contribution in [2.24, 2.45) is 0 Å². The van der Waals surface area contributed by atoms with Crippen LogP contribution in [0.2, 0.25) is 0 Å². The van der Waals surface area contributed by atoms with Crippen LogP contribution >= 0.6 is 0 Å². The van der Waals surface area contributed by atoms with Gasteiger partial charge in [0.25, 0.3) is 11.8 Å². The van der Waals surface area contributed by atoms with Crippen molar-refractivity contribution >= 4 is 17.8 Å². The Morgan fingerprint density at radius 3 is 2.53 bits per heavy atom. The van der Waals surface area contributed by atoms with Gasteiger partial charge >= 0.3 is 5.97 Å². The van der Waals surface area contributed by atoms with E-state index in [1.54, 1.807) is 36.5 Å². The average Bonchev–Trinajstić information content (AvgIpc) is 3.35. The number of benzene rings is 1. The number of ether oxygens (including phenoxy) is 3. The van der Waals surface area contributed by atoms with Crippen molar-refractivity contribution in [3.05, 3.63) is 59.4 Å². The summed E-state index contributed by atoms with van der Waals surface area (Å²) in [5.41, 5.74) is 0.985. The van der Waals surface area contributed by atoms with Gasteiger partial charge in [0.05, 0.1) is 17.3 Å². The number of amides is 2. The van der Waals surface area contributed by atoms with Crippen molar-refractivity contribution in [2.45, 2.75) is 38.9 Å². The first-order valence-corrected chi connectivity index (χ1v) is 10.1. The molecule has 0 N–H and O–H groups in total. The molecule has 0 aliphatic carbocycles. The third-order valence-electron chi connectivity index (χ3n) is 4.90. The zero-order chi connectivity index (χ0) is 22.7. The van der Waals surface area contributed by atoms with Crippen molar-refractivity contribution < 1.29 is 33.4 Å². The highest BCUT2D eigenvalue weighted by atomic mass is 16.7. The molecule has 0 spiro atoms. The van der Waals surface area contributed by atoms with Crippen molar-refractivity contribution in [2.75, 3.05) is 13.2 Å². The molecule has 2 aliphatic rings. The van der Waals surface area contributed by atoms with Gasteiger partial charge in [-0.05, 0) is 25.1 Å². The summed E-state index contributed by atoms with van der Waals surface area (Å²) in [6.45, 7) is 3.50. The largest absolute Gasteiger partial charge is 0.463 e. The minimum atomic E-state index is -0.558. The van der Waals surface area contributed by atoms with Crippen LogP contribution in [0.1, 0.15) is 46.3 Å². The molecule has 0 bridgehead atoms. The second kappa shape index (κ2) is 9.39. The molecule has 0 radical (unpaired) electrons. The first kappa shape index (κ1) is 21.8. The number of carbonyl (C=O) groups is 3. The second-order valence-corrected chi connectivity index (χ2v) is 7.09. The Bertz CT molecular complexity index is 1020. The topological polar surface area (TPSA) is 122 Å². The molecule has 0 fully saturated rings. The Balaban J connectivity index is 1.43. The highest BCUT2D eigenvalue weighted by molar-refractivity contribution is 6.20. The second-order valence-electron chi connectivity index (χ2n) is 7.09. The van der Waals surface area contributed by atoms with Crippen molar-refractivity contribution in [1.82, 2.24) is 20.1 Å². The molecule has 2 amide bonds. The average molecular weight is 442 g/mol. The molecule has 2 aromatic rings. The molecule has 1 aromatic heterocycles. The first-order valence-electron chi connectivity index (χ1n) is 10.1. The van der Waals surface area contributed by atoms with E-state index >= 15 is 0 Å². The zero-order valence-corrected chi connectivity index (χ0v) is 17.5. The van der Waals surface area contributed by atoms with Crippen LogP contribution in [-0.4, -0.2) is 63.4 Å². The minimum Gasteiger partial charge on any atom is -0.463 e. The van der Waals surface area contributed by atoms with Gasteiger partial charge in [-0.15, -0.1) is 10.2 Å². The standard InChI is InChI=1S/C21H22N4O7/c1-3-29-19-9-8-17(18(32-19)12-30-13(2)26)24-10-14(22-23-24)11-31-25-20(27)15-6-4-5-7-16(15)21(25)28/h4-10,17-19H,3,11-12H2,1-2H3/t17-,18+,19-/m0/s1. The van der Waals surface area contributed by atoms with Gasteiger partial charge in [0.15, 0.2) is 6.29 Å². The van der Waals surface area contributed by atoms with E-state index in [0.29, 0.717) is 23.4 Å². The molecule has 11 nitrogen and oxygen atoms in total. The van der Waals surface area contributed by atoms with Crippen LogP contribution in [0.5, 0.6) is 0 Å². The predicted octanol–water partition coefficient (Wildman–Crippen LogP) is 1.43. The highest BCUT2D eigenvalue weighted by Gasteiger charge is 2.37. The molecule has 11 heteroatoms. The SMILES string of the molecule is CCO[C@@H]1C=C[C@H](n2cc(CON3C(=O)c4ccccc4C3=O)nn2)[C@@H](COC(C)=O)O1. The molecule has 0 unspecified atom stereocenters. The summed E-state index contributed by atoms with van der Waals surface area (Å²) in [5, 5.41) is 8.87. The Morgan fingerprint density at radius 2 is 1.88 bits per heavy atom. The highest BCUT2D eigenvalue weighted by Crippen LogP contribution is 2.25. The van der Waals surface area contributed by atoms with Crippen molar-refractivity contribution in [1.29, 1.82) is 0 Å². The molecule has 4 rings (SSSR count). The van der Waals surface area contributed by atoms with Gasteiger partial charge in [-0.25, -0.2) is 4.68 Å². The maximum Gasteiger partial charge on any atom is 0.302 e. The number of carbonyl (C=O) groups excluding carboxylic acids is 3. The summed E-state index contributed by atoms with van der Waals surface area (Å²) in [5.74, 6) is -1.47. The number of imide groups is 1. The number of hydroxylamine groups is 2. The number of aromatic nitrogens is 3. The van der Waals surface area contributed by atoms with Gasteiger partial charge in [0, 0.05) is 13.5 Å². The van der Waals surface area contributed by atoms with E-state index in [0.717, 1.165) is 5.06 Å². The summed E-state index contributed by atoms with van der Waals surface area (Å²) in [6.07, 6.45) is 4.08. The Kier molecular flexibility index (Phi) is 6.40. The van der Waals surface area contributed by atoms with Crippen molar-refractivity contribution in [3.63, 3.8) is 0 Å². The van der Waals surface area contributed by atoms with E-state index in [-0.39, 0.29) is 13.2 Å². The van der Waals surface area contributed by atoms with E-state index < -0.39 is 36.2 Å². The molecule has 3 heterocycles. The molecule has 0 saturated carbocycles.